The average molecular weight is 322 g/mol. The number of aromatic nitrogens is 3. The van der Waals surface area contributed by atoms with Gasteiger partial charge in [-0.3, -0.25) is 14.2 Å². The number of carbonyl (C=O) groups is 1. The Morgan fingerprint density at radius 1 is 1.33 bits per heavy atom. The molecule has 6 nitrogen and oxygen atoms in total. The summed E-state index contributed by atoms with van der Waals surface area (Å²) in [6.45, 7) is 0.785. The van der Waals surface area contributed by atoms with Crippen LogP contribution in [0.2, 0.25) is 0 Å². The molecule has 0 saturated heterocycles. The zero-order chi connectivity index (χ0) is 16.5. The number of benzene rings is 1. The van der Waals surface area contributed by atoms with Crippen molar-refractivity contribution in [2.75, 3.05) is 6.54 Å². The number of aromatic amines is 1. The fourth-order valence-corrected chi connectivity index (χ4v) is 2.85. The summed E-state index contributed by atoms with van der Waals surface area (Å²) in [5.41, 5.74) is 2.37. The number of rotatable bonds is 5. The molecule has 1 amide bonds. The normalized spacial score (nSPS) is 14.0. The zero-order valence-electron chi connectivity index (χ0n) is 13.2. The predicted octanol–water partition coefficient (Wildman–Crippen LogP) is 2.03. The van der Waals surface area contributed by atoms with Gasteiger partial charge in [0, 0.05) is 42.2 Å². The van der Waals surface area contributed by atoms with Gasteiger partial charge in [-0.15, -0.1) is 0 Å². The molecular weight excluding hydrogens is 304 g/mol. The summed E-state index contributed by atoms with van der Waals surface area (Å²) in [5, 5.41) is 3.75. The van der Waals surface area contributed by atoms with Crippen LogP contribution in [-0.2, 0) is 6.54 Å². The maximum Gasteiger partial charge on any atom is 0.253 e. The molecule has 1 aliphatic rings. The van der Waals surface area contributed by atoms with Crippen LogP contribution < -0.4 is 10.9 Å². The van der Waals surface area contributed by atoms with E-state index in [9.17, 15) is 9.59 Å². The number of hydrogen-bond acceptors (Lipinski definition) is 3. The van der Waals surface area contributed by atoms with E-state index in [0.29, 0.717) is 24.6 Å². The summed E-state index contributed by atoms with van der Waals surface area (Å²) < 4.78 is 1.53. The third-order valence-electron chi connectivity index (χ3n) is 4.37. The molecular formula is C18H18N4O2. The van der Waals surface area contributed by atoms with E-state index in [1.165, 1.54) is 4.57 Å². The van der Waals surface area contributed by atoms with Crippen LogP contribution in [-0.4, -0.2) is 27.0 Å². The van der Waals surface area contributed by atoms with Crippen molar-refractivity contribution in [3.8, 4) is 0 Å². The molecule has 2 heterocycles. The molecule has 24 heavy (non-hydrogen) atoms. The standard InChI is InChI=1S/C18H18N4O2/c23-17-9-16(12-5-6-12)21-11-22(17)8-7-19-18(24)14-10-20-15-4-2-1-3-13(14)15/h1-4,9-12,20H,5-8H2,(H,19,24). The van der Waals surface area contributed by atoms with Crippen LogP contribution in [0.15, 0.2) is 47.7 Å². The van der Waals surface area contributed by atoms with Crippen molar-refractivity contribution in [2.45, 2.75) is 25.3 Å². The van der Waals surface area contributed by atoms with E-state index in [1.54, 1.807) is 18.6 Å². The van der Waals surface area contributed by atoms with Crippen LogP contribution in [0, 0.1) is 0 Å². The molecule has 3 aromatic rings. The summed E-state index contributed by atoms with van der Waals surface area (Å²) in [5.74, 6) is 0.317. The highest BCUT2D eigenvalue weighted by Gasteiger charge is 2.25. The Bertz CT molecular complexity index is 953. The SMILES string of the molecule is O=C(NCCn1cnc(C2CC2)cc1=O)c1c[nH]c2ccccc12. The second-order valence-electron chi connectivity index (χ2n) is 6.12. The molecule has 0 atom stereocenters. The molecule has 4 rings (SSSR count). The third-order valence-corrected chi connectivity index (χ3v) is 4.37. The van der Waals surface area contributed by atoms with E-state index in [1.807, 2.05) is 24.3 Å². The Labute approximate surface area is 138 Å². The van der Waals surface area contributed by atoms with Crippen LogP contribution in [0.3, 0.4) is 0 Å². The summed E-state index contributed by atoms with van der Waals surface area (Å²) in [6.07, 6.45) is 5.53. The highest BCUT2D eigenvalue weighted by Crippen LogP contribution is 2.38. The van der Waals surface area contributed by atoms with Crippen molar-refractivity contribution >= 4 is 16.8 Å². The fourth-order valence-electron chi connectivity index (χ4n) is 2.85. The summed E-state index contributed by atoms with van der Waals surface area (Å²) in [7, 11) is 0. The van der Waals surface area contributed by atoms with E-state index < -0.39 is 0 Å². The molecule has 122 valence electrons. The Morgan fingerprint density at radius 2 is 2.17 bits per heavy atom. The van der Waals surface area contributed by atoms with E-state index >= 15 is 0 Å². The average Bonchev–Trinajstić information content (AvgIpc) is 3.35. The molecule has 2 aromatic heterocycles. The van der Waals surface area contributed by atoms with Crippen molar-refractivity contribution < 1.29 is 4.79 Å². The first kappa shape index (κ1) is 14.7. The molecule has 0 bridgehead atoms. The number of para-hydroxylation sites is 1. The lowest BCUT2D eigenvalue weighted by Gasteiger charge is -2.07. The lowest BCUT2D eigenvalue weighted by Crippen LogP contribution is -2.30. The monoisotopic (exact) mass is 322 g/mol. The van der Waals surface area contributed by atoms with Crippen LogP contribution in [0.25, 0.3) is 10.9 Å². The fraction of sp³-hybridized carbons (Fsp3) is 0.278. The number of fused-ring (bicyclic) bond motifs is 1. The minimum Gasteiger partial charge on any atom is -0.360 e. The molecule has 1 fully saturated rings. The smallest absolute Gasteiger partial charge is 0.253 e. The predicted molar refractivity (Wildman–Crippen MR) is 91.1 cm³/mol. The molecule has 0 unspecified atom stereocenters. The number of hydrogen-bond donors (Lipinski definition) is 2. The quantitative estimate of drug-likeness (QED) is 0.754. The second-order valence-corrected chi connectivity index (χ2v) is 6.12. The van der Waals surface area contributed by atoms with Crippen LogP contribution >= 0.6 is 0 Å². The van der Waals surface area contributed by atoms with Crippen LogP contribution in [0.4, 0.5) is 0 Å². The molecule has 1 aliphatic carbocycles. The van der Waals surface area contributed by atoms with Crippen molar-refractivity contribution in [2.24, 2.45) is 0 Å². The van der Waals surface area contributed by atoms with E-state index in [2.05, 4.69) is 15.3 Å². The van der Waals surface area contributed by atoms with E-state index in [-0.39, 0.29) is 11.5 Å². The third kappa shape index (κ3) is 2.82. The maximum absolute atomic E-state index is 12.3. The molecule has 0 spiro atoms. The van der Waals surface area contributed by atoms with Crippen LogP contribution in [0.1, 0.15) is 34.8 Å². The first-order valence-corrected chi connectivity index (χ1v) is 8.13. The van der Waals surface area contributed by atoms with Gasteiger partial charge in [0.25, 0.3) is 11.5 Å². The zero-order valence-corrected chi connectivity index (χ0v) is 13.2. The molecule has 1 aromatic carbocycles. The summed E-state index contributed by atoms with van der Waals surface area (Å²) >= 11 is 0. The lowest BCUT2D eigenvalue weighted by molar-refractivity contribution is 0.0954. The van der Waals surface area contributed by atoms with E-state index in [4.69, 9.17) is 0 Å². The highest BCUT2D eigenvalue weighted by atomic mass is 16.1. The number of nitrogens with one attached hydrogen (secondary N) is 2. The highest BCUT2D eigenvalue weighted by molar-refractivity contribution is 6.06. The Kier molecular flexibility index (Phi) is 3.65. The van der Waals surface area contributed by atoms with Gasteiger partial charge in [0.1, 0.15) is 0 Å². The number of amides is 1. The minimum absolute atomic E-state index is 0.0618. The Hall–Kier alpha value is -2.89. The second kappa shape index (κ2) is 5.96. The van der Waals surface area contributed by atoms with Gasteiger partial charge in [0.05, 0.1) is 17.6 Å². The molecule has 0 aliphatic heterocycles. The van der Waals surface area contributed by atoms with Crippen molar-refractivity contribution in [1.82, 2.24) is 19.9 Å². The van der Waals surface area contributed by atoms with Crippen molar-refractivity contribution in [3.63, 3.8) is 0 Å². The summed E-state index contributed by atoms with van der Waals surface area (Å²) in [4.78, 5) is 31.8. The number of H-pyrrole nitrogens is 1. The van der Waals surface area contributed by atoms with Gasteiger partial charge in [0.2, 0.25) is 0 Å². The van der Waals surface area contributed by atoms with Crippen molar-refractivity contribution in [3.05, 3.63) is 64.5 Å². The molecule has 2 N–H and O–H groups in total. The van der Waals surface area contributed by atoms with Crippen molar-refractivity contribution in [1.29, 1.82) is 0 Å². The Balaban J connectivity index is 1.40. The molecule has 6 heteroatoms. The summed E-state index contributed by atoms with van der Waals surface area (Å²) in [6, 6.07) is 9.27. The van der Waals surface area contributed by atoms with Gasteiger partial charge in [-0.05, 0) is 18.9 Å². The first-order chi connectivity index (χ1) is 11.7. The van der Waals surface area contributed by atoms with Gasteiger partial charge >= 0.3 is 0 Å². The van der Waals surface area contributed by atoms with E-state index in [0.717, 1.165) is 29.4 Å². The van der Waals surface area contributed by atoms with Gasteiger partial charge in [-0.2, -0.15) is 0 Å². The minimum atomic E-state index is -0.150. The number of nitrogens with zero attached hydrogens (tertiary/aromatic N) is 2. The Morgan fingerprint density at radius 3 is 2.96 bits per heavy atom. The first-order valence-electron chi connectivity index (χ1n) is 8.13. The largest absolute Gasteiger partial charge is 0.360 e. The maximum atomic E-state index is 12.3. The molecule has 0 radical (unpaired) electrons. The van der Waals surface area contributed by atoms with Gasteiger partial charge in [-0.25, -0.2) is 4.98 Å². The van der Waals surface area contributed by atoms with Gasteiger partial charge in [0.15, 0.2) is 0 Å². The van der Waals surface area contributed by atoms with Gasteiger partial charge in [-0.1, -0.05) is 18.2 Å². The van der Waals surface area contributed by atoms with Gasteiger partial charge < -0.3 is 10.3 Å². The van der Waals surface area contributed by atoms with Crippen LogP contribution in [0.5, 0.6) is 0 Å². The topological polar surface area (TPSA) is 79.8 Å². The molecule has 1 saturated carbocycles. The lowest BCUT2D eigenvalue weighted by atomic mass is 10.1. The number of carbonyl (C=O) groups excluding carboxylic acids is 1.